The van der Waals surface area contributed by atoms with Crippen LogP contribution in [0.15, 0.2) is 54.6 Å². The van der Waals surface area contributed by atoms with E-state index in [4.69, 9.17) is 11.6 Å². The Labute approximate surface area is 134 Å². The molecule has 0 saturated heterocycles. The molecule has 0 aromatic heterocycles. The highest BCUT2D eigenvalue weighted by atomic mass is 35.5. The number of halogens is 1. The van der Waals surface area contributed by atoms with E-state index in [0.717, 1.165) is 5.56 Å². The van der Waals surface area contributed by atoms with Crippen molar-refractivity contribution in [3.8, 4) is 0 Å². The SMILES string of the molecule is C[C@@H](NC(=O)CNC(=O)c1ccccc1)c1ccc(Cl)cc1. The maximum Gasteiger partial charge on any atom is 0.251 e. The van der Waals surface area contributed by atoms with Gasteiger partial charge in [0.05, 0.1) is 12.6 Å². The summed E-state index contributed by atoms with van der Waals surface area (Å²) in [6, 6.07) is 15.9. The molecule has 0 aliphatic rings. The first-order chi connectivity index (χ1) is 10.6. The van der Waals surface area contributed by atoms with Crippen molar-refractivity contribution in [2.75, 3.05) is 6.54 Å². The predicted molar refractivity (Wildman–Crippen MR) is 86.8 cm³/mol. The van der Waals surface area contributed by atoms with Gasteiger partial charge in [0.1, 0.15) is 0 Å². The number of rotatable bonds is 5. The van der Waals surface area contributed by atoms with Crippen LogP contribution in [0.4, 0.5) is 0 Å². The highest BCUT2D eigenvalue weighted by Gasteiger charge is 2.11. The number of amides is 2. The number of carbonyl (C=O) groups is 2. The largest absolute Gasteiger partial charge is 0.348 e. The first kappa shape index (κ1) is 16.0. The van der Waals surface area contributed by atoms with E-state index < -0.39 is 0 Å². The Kier molecular flexibility index (Phi) is 5.55. The summed E-state index contributed by atoms with van der Waals surface area (Å²) in [7, 11) is 0. The summed E-state index contributed by atoms with van der Waals surface area (Å²) in [6.07, 6.45) is 0. The molecule has 0 bridgehead atoms. The van der Waals surface area contributed by atoms with Crippen molar-refractivity contribution < 1.29 is 9.59 Å². The highest BCUT2D eigenvalue weighted by molar-refractivity contribution is 6.30. The molecule has 0 heterocycles. The van der Waals surface area contributed by atoms with E-state index in [0.29, 0.717) is 10.6 Å². The van der Waals surface area contributed by atoms with Gasteiger partial charge in [0.25, 0.3) is 5.91 Å². The number of hydrogen-bond donors (Lipinski definition) is 2. The summed E-state index contributed by atoms with van der Waals surface area (Å²) in [5.41, 5.74) is 1.48. The van der Waals surface area contributed by atoms with E-state index >= 15 is 0 Å². The summed E-state index contributed by atoms with van der Waals surface area (Å²) in [4.78, 5) is 23.7. The zero-order valence-electron chi connectivity index (χ0n) is 12.2. The molecule has 0 aliphatic carbocycles. The molecule has 114 valence electrons. The van der Waals surface area contributed by atoms with Crippen molar-refractivity contribution in [2.24, 2.45) is 0 Å². The third kappa shape index (κ3) is 4.60. The molecule has 0 unspecified atom stereocenters. The molecular weight excluding hydrogens is 300 g/mol. The molecule has 2 rings (SSSR count). The Balaban J connectivity index is 1.83. The zero-order valence-corrected chi connectivity index (χ0v) is 12.9. The maximum atomic E-state index is 11.9. The van der Waals surface area contributed by atoms with Crippen molar-refractivity contribution >= 4 is 23.4 Å². The maximum absolute atomic E-state index is 11.9. The van der Waals surface area contributed by atoms with Crippen molar-refractivity contribution in [3.05, 3.63) is 70.7 Å². The lowest BCUT2D eigenvalue weighted by Gasteiger charge is -2.14. The second-order valence-corrected chi connectivity index (χ2v) is 5.33. The van der Waals surface area contributed by atoms with E-state index in [1.165, 1.54) is 0 Å². The van der Waals surface area contributed by atoms with E-state index in [-0.39, 0.29) is 24.4 Å². The van der Waals surface area contributed by atoms with Crippen molar-refractivity contribution in [1.29, 1.82) is 0 Å². The van der Waals surface area contributed by atoms with Crippen LogP contribution in [-0.2, 0) is 4.79 Å². The Hall–Kier alpha value is -2.33. The Morgan fingerprint density at radius 2 is 1.68 bits per heavy atom. The third-order valence-electron chi connectivity index (χ3n) is 3.19. The lowest BCUT2D eigenvalue weighted by atomic mass is 10.1. The van der Waals surface area contributed by atoms with Crippen LogP contribution in [0.3, 0.4) is 0 Å². The first-order valence-electron chi connectivity index (χ1n) is 6.94. The van der Waals surface area contributed by atoms with Gasteiger partial charge >= 0.3 is 0 Å². The topological polar surface area (TPSA) is 58.2 Å². The summed E-state index contributed by atoms with van der Waals surface area (Å²) in [6.45, 7) is 1.81. The van der Waals surface area contributed by atoms with Gasteiger partial charge < -0.3 is 10.6 Å². The van der Waals surface area contributed by atoms with Gasteiger partial charge in [0.15, 0.2) is 0 Å². The average Bonchev–Trinajstić information content (AvgIpc) is 2.54. The fraction of sp³-hybridized carbons (Fsp3) is 0.176. The smallest absolute Gasteiger partial charge is 0.251 e. The minimum absolute atomic E-state index is 0.0638. The molecule has 0 fully saturated rings. The molecule has 2 amide bonds. The highest BCUT2D eigenvalue weighted by Crippen LogP contribution is 2.15. The molecule has 2 aromatic carbocycles. The van der Waals surface area contributed by atoms with Gasteiger partial charge in [0, 0.05) is 10.6 Å². The van der Waals surface area contributed by atoms with Crippen LogP contribution in [0.5, 0.6) is 0 Å². The van der Waals surface area contributed by atoms with E-state index in [1.54, 1.807) is 36.4 Å². The first-order valence-corrected chi connectivity index (χ1v) is 7.32. The molecule has 0 spiro atoms. The summed E-state index contributed by atoms with van der Waals surface area (Å²) in [5.74, 6) is -0.512. The molecule has 0 aliphatic heterocycles. The standard InChI is InChI=1S/C17H17ClN2O2/c1-12(13-7-9-15(18)10-8-13)20-16(21)11-19-17(22)14-5-3-2-4-6-14/h2-10,12H,11H2,1H3,(H,19,22)(H,20,21)/t12-/m1/s1. The Bertz CT molecular complexity index is 641. The molecule has 0 saturated carbocycles. The van der Waals surface area contributed by atoms with Crippen LogP contribution >= 0.6 is 11.6 Å². The van der Waals surface area contributed by atoms with Gasteiger partial charge in [0.2, 0.25) is 5.91 Å². The van der Waals surface area contributed by atoms with Gasteiger partial charge in [-0.1, -0.05) is 41.9 Å². The normalized spacial score (nSPS) is 11.5. The molecule has 1 atom stereocenters. The van der Waals surface area contributed by atoms with E-state index in [1.807, 2.05) is 25.1 Å². The van der Waals surface area contributed by atoms with Crippen LogP contribution in [0.25, 0.3) is 0 Å². The molecule has 2 aromatic rings. The minimum Gasteiger partial charge on any atom is -0.348 e. The number of nitrogens with one attached hydrogen (secondary N) is 2. The second-order valence-electron chi connectivity index (χ2n) is 4.89. The Morgan fingerprint density at radius 3 is 2.32 bits per heavy atom. The lowest BCUT2D eigenvalue weighted by molar-refractivity contribution is -0.120. The van der Waals surface area contributed by atoms with E-state index in [9.17, 15) is 9.59 Å². The summed E-state index contributed by atoms with van der Waals surface area (Å²) >= 11 is 5.83. The quantitative estimate of drug-likeness (QED) is 0.891. The third-order valence-corrected chi connectivity index (χ3v) is 3.44. The Morgan fingerprint density at radius 1 is 1.05 bits per heavy atom. The molecule has 2 N–H and O–H groups in total. The van der Waals surface area contributed by atoms with Gasteiger partial charge in [-0.25, -0.2) is 0 Å². The van der Waals surface area contributed by atoms with Gasteiger partial charge in [-0.3, -0.25) is 9.59 Å². The number of carbonyl (C=O) groups excluding carboxylic acids is 2. The van der Waals surface area contributed by atoms with Crippen LogP contribution < -0.4 is 10.6 Å². The molecule has 0 radical (unpaired) electrons. The number of hydrogen-bond acceptors (Lipinski definition) is 2. The van der Waals surface area contributed by atoms with E-state index in [2.05, 4.69) is 10.6 Å². The van der Waals surface area contributed by atoms with Crippen molar-refractivity contribution in [1.82, 2.24) is 10.6 Å². The van der Waals surface area contributed by atoms with Gasteiger partial charge in [-0.2, -0.15) is 0 Å². The second kappa shape index (κ2) is 7.61. The van der Waals surface area contributed by atoms with Crippen LogP contribution in [0.2, 0.25) is 5.02 Å². The summed E-state index contributed by atoms with van der Waals surface area (Å²) < 4.78 is 0. The van der Waals surface area contributed by atoms with Gasteiger partial charge in [-0.15, -0.1) is 0 Å². The van der Waals surface area contributed by atoms with Crippen LogP contribution in [0.1, 0.15) is 28.9 Å². The molecular formula is C17H17ClN2O2. The van der Waals surface area contributed by atoms with Crippen molar-refractivity contribution in [2.45, 2.75) is 13.0 Å². The number of benzene rings is 2. The van der Waals surface area contributed by atoms with Crippen molar-refractivity contribution in [3.63, 3.8) is 0 Å². The van der Waals surface area contributed by atoms with Gasteiger partial charge in [-0.05, 0) is 36.8 Å². The molecule has 22 heavy (non-hydrogen) atoms. The fourth-order valence-corrected chi connectivity index (χ4v) is 2.11. The average molecular weight is 317 g/mol. The lowest BCUT2D eigenvalue weighted by Crippen LogP contribution is -2.38. The summed E-state index contributed by atoms with van der Waals surface area (Å²) in [5, 5.41) is 6.07. The van der Waals surface area contributed by atoms with Crippen LogP contribution in [-0.4, -0.2) is 18.4 Å². The molecule has 5 heteroatoms. The predicted octanol–water partition coefficient (Wildman–Crippen LogP) is 2.95. The minimum atomic E-state index is -0.269. The van der Waals surface area contributed by atoms with Crippen LogP contribution in [0, 0.1) is 0 Å². The fourth-order valence-electron chi connectivity index (χ4n) is 1.98. The zero-order chi connectivity index (χ0) is 15.9. The molecule has 4 nitrogen and oxygen atoms in total. The monoisotopic (exact) mass is 316 g/mol.